The lowest BCUT2D eigenvalue weighted by atomic mass is 10.1. The molecule has 4 heteroatoms. The van der Waals surface area contributed by atoms with E-state index in [4.69, 9.17) is 4.74 Å². The van der Waals surface area contributed by atoms with Crippen molar-refractivity contribution in [2.75, 3.05) is 11.9 Å². The van der Waals surface area contributed by atoms with Gasteiger partial charge in [-0.1, -0.05) is 43.7 Å². The molecule has 0 aliphatic carbocycles. The SMILES string of the molecule is CCCCc1ccc(NC(=O)c2ccc(OCC)c(CSc3ccccc3)c2)cc1. The molecule has 1 N–H and O–H groups in total. The molecule has 30 heavy (non-hydrogen) atoms. The minimum atomic E-state index is -0.106. The van der Waals surface area contributed by atoms with Crippen molar-refractivity contribution in [2.45, 2.75) is 43.8 Å². The molecule has 3 rings (SSSR count). The molecule has 0 aliphatic rings. The normalized spacial score (nSPS) is 10.6. The Morgan fingerprint density at radius 2 is 1.73 bits per heavy atom. The van der Waals surface area contributed by atoms with Crippen molar-refractivity contribution < 1.29 is 9.53 Å². The molecule has 3 nitrogen and oxygen atoms in total. The highest BCUT2D eigenvalue weighted by atomic mass is 32.2. The Labute approximate surface area is 183 Å². The van der Waals surface area contributed by atoms with Gasteiger partial charge >= 0.3 is 0 Å². The number of thioether (sulfide) groups is 1. The lowest BCUT2D eigenvalue weighted by Gasteiger charge is -2.13. The van der Waals surface area contributed by atoms with Crippen molar-refractivity contribution in [3.8, 4) is 5.75 Å². The number of anilines is 1. The number of hydrogen-bond donors (Lipinski definition) is 1. The van der Waals surface area contributed by atoms with Crippen molar-refractivity contribution >= 4 is 23.4 Å². The molecule has 0 radical (unpaired) electrons. The summed E-state index contributed by atoms with van der Waals surface area (Å²) in [6.07, 6.45) is 3.44. The molecule has 1 amide bonds. The molecule has 0 bridgehead atoms. The zero-order valence-corrected chi connectivity index (χ0v) is 18.5. The maximum Gasteiger partial charge on any atom is 0.255 e. The third kappa shape index (κ3) is 6.39. The number of ether oxygens (including phenoxy) is 1. The molecule has 0 saturated heterocycles. The standard InChI is InChI=1S/C26H29NO2S/c1-3-5-9-20-12-15-23(16-13-20)27-26(28)21-14-17-25(29-4-2)22(18-21)19-30-24-10-7-6-8-11-24/h6-8,10-18H,3-5,9,19H2,1-2H3,(H,27,28). The molecule has 0 aromatic heterocycles. The summed E-state index contributed by atoms with van der Waals surface area (Å²) in [5.74, 6) is 1.47. The zero-order valence-electron chi connectivity index (χ0n) is 17.7. The van der Waals surface area contributed by atoms with Gasteiger partial charge in [-0.25, -0.2) is 0 Å². The number of rotatable bonds is 10. The first-order valence-corrected chi connectivity index (χ1v) is 11.5. The van der Waals surface area contributed by atoms with Crippen LogP contribution in [0.5, 0.6) is 5.75 Å². The number of carbonyl (C=O) groups is 1. The first-order chi connectivity index (χ1) is 14.7. The molecule has 0 fully saturated rings. The van der Waals surface area contributed by atoms with Gasteiger partial charge in [0.1, 0.15) is 5.75 Å². The van der Waals surface area contributed by atoms with Crippen LogP contribution >= 0.6 is 11.8 Å². The van der Waals surface area contributed by atoms with E-state index in [-0.39, 0.29) is 5.91 Å². The lowest BCUT2D eigenvalue weighted by Crippen LogP contribution is -2.12. The Hall–Kier alpha value is -2.72. The van der Waals surface area contributed by atoms with E-state index in [0.717, 1.165) is 29.2 Å². The molecule has 0 heterocycles. The second kappa shape index (κ2) is 11.5. The quantitative estimate of drug-likeness (QED) is 0.361. The highest BCUT2D eigenvalue weighted by molar-refractivity contribution is 7.98. The van der Waals surface area contributed by atoms with Crippen molar-refractivity contribution in [3.05, 3.63) is 89.5 Å². The average molecular weight is 420 g/mol. The number of amides is 1. The molecule has 0 spiro atoms. The number of aryl methyl sites for hydroxylation is 1. The van der Waals surface area contributed by atoms with E-state index in [9.17, 15) is 4.79 Å². The Morgan fingerprint density at radius 1 is 0.967 bits per heavy atom. The van der Waals surface area contributed by atoms with Crippen LogP contribution in [0.1, 0.15) is 48.2 Å². The number of unbranched alkanes of at least 4 members (excludes halogenated alkanes) is 1. The van der Waals surface area contributed by atoms with Gasteiger partial charge in [-0.3, -0.25) is 4.79 Å². The van der Waals surface area contributed by atoms with Crippen LogP contribution in [0.2, 0.25) is 0 Å². The summed E-state index contributed by atoms with van der Waals surface area (Å²) in [4.78, 5) is 14.0. The molecule has 156 valence electrons. The monoisotopic (exact) mass is 419 g/mol. The fourth-order valence-corrected chi connectivity index (χ4v) is 4.04. The topological polar surface area (TPSA) is 38.3 Å². The van der Waals surface area contributed by atoms with E-state index in [1.54, 1.807) is 11.8 Å². The van der Waals surface area contributed by atoms with Crippen LogP contribution in [0.25, 0.3) is 0 Å². The summed E-state index contributed by atoms with van der Waals surface area (Å²) < 4.78 is 5.78. The van der Waals surface area contributed by atoms with Gasteiger partial charge in [-0.15, -0.1) is 11.8 Å². The fourth-order valence-electron chi connectivity index (χ4n) is 3.15. The van der Waals surface area contributed by atoms with Crippen LogP contribution in [-0.2, 0) is 12.2 Å². The minimum absolute atomic E-state index is 0.106. The van der Waals surface area contributed by atoms with Crippen molar-refractivity contribution in [1.82, 2.24) is 0 Å². The van der Waals surface area contributed by atoms with Crippen molar-refractivity contribution in [2.24, 2.45) is 0 Å². The van der Waals surface area contributed by atoms with Gasteiger partial charge in [0.25, 0.3) is 5.91 Å². The summed E-state index contributed by atoms with van der Waals surface area (Å²) >= 11 is 1.73. The van der Waals surface area contributed by atoms with Crippen LogP contribution < -0.4 is 10.1 Å². The van der Waals surface area contributed by atoms with Crippen LogP contribution in [-0.4, -0.2) is 12.5 Å². The maximum absolute atomic E-state index is 12.8. The largest absolute Gasteiger partial charge is 0.494 e. The molecule has 0 aliphatic heterocycles. The highest BCUT2D eigenvalue weighted by Crippen LogP contribution is 2.29. The minimum Gasteiger partial charge on any atom is -0.494 e. The van der Waals surface area contributed by atoms with E-state index in [1.807, 2.05) is 55.5 Å². The fraction of sp³-hybridized carbons (Fsp3) is 0.269. The number of benzene rings is 3. The summed E-state index contributed by atoms with van der Waals surface area (Å²) in [5.41, 5.74) is 3.77. The Morgan fingerprint density at radius 3 is 2.43 bits per heavy atom. The second-order valence-corrected chi connectivity index (χ2v) is 8.16. The molecule has 3 aromatic rings. The van der Waals surface area contributed by atoms with E-state index in [2.05, 4.69) is 36.5 Å². The first-order valence-electron chi connectivity index (χ1n) is 10.5. The van der Waals surface area contributed by atoms with Crippen LogP contribution in [0.4, 0.5) is 5.69 Å². The average Bonchev–Trinajstić information content (AvgIpc) is 2.78. The molecule has 3 aromatic carbocycles. The van der Waals surface area contributed by atoms with Gasteiger partial charge in [0, 0.05) is 27.5 Å². The summed E-state index contributed by atoms with van der Waals surface area (Å²) in [7, 11) is 0. The smallest absolute Gasteiger partial charge is 0.255 e. The Kier molecular flexibility index (Phi) is 8.40. The predicted octanol–water partition coefficient (Wildman–Crippen LogP) is 6.97. The molecule has 0 atom stereocenters. The third-order valence-corrected chi connectivity index (χ3v) is 5.85. The van der Waals surface area contributed by atoms with Crippen LogP contribution in [0, 0.1) is 0 Å². The van der Waals surface area contributed by atoms with Crippen LogP contribution in [0.15, 0.2) is 77.7 Å². The lowest BCUT2D eigenvalue weighted by molar-refractivity contribution is 0.102. The van der Waals surface area contributed by atoms with Gasteiger partial charge in [0.05, 0.1) is 6.61 Å². The van der Waals surface area contributed by atoms with E-state index >= 15 is 0 Å². The second-order valence-electron chi connectivity index (χ2n) is 7.11. The van der Waals surface area contributed by atoms with Crippen molar-refractivity contribution in [1.29, 1.82) is 0 Å². The van der Waals surface area contributed by atoms with Gasteiger partial charge in [-0.05, 0) is 67.8 Å². The molecular formula is C26H29NO2S. The number of hydrogen-bond acceptors (Lipinski definition) is 3. The highest BCUT2D eigenvalue weighted by Gasteiger charge is 2.12. The van der Waals surface area contributed by atoms with Gasteiger partial charge in [0.2, 0.25) is 0 Å². The summed E-state index contributed by atoms with van der Waals surface area (Å²) in [6, 6.07) is 24.0. The predicted molar refractivity (Wildman–Crippen MR) is 127 cm³/mol. The molecule has 0 saturated carbocycles. The third-order valence-electron chi connectivity index (χ3n) is 4.79. The number of carbonyl (C=O) groups excluding carboxylic acids is 1. The molecular weight excluding hydrogens is 390 g/mol. The van der Waals surface area contributed by atoms with E-state index < -0.39 is 0 Å². The molecule has 0 unspecified atom stereocenters. The van der Waals surface area contributed by atoms with Crippen LogP contribution in [0.3, 0.4) is 0 Å². The van der Waals surface area contributed by atoms with Crippen molar-refractivity contribution in [3.63, 3.8) is 0 Å². The zero-order chi connectivity index (χ0) is 21.2. The number of nitrogens with one attached hydrogen (secondary N) is 1. The first kappa shape index (κ1) is 22.0. The van der Waals surface area contributed by atoms with E-state index in [1.165, 1.54) is 23.3 Å². The van der Waals surface area contributed by atoms with Gasteiger partial charge < -0.3 is 10.1 Å². The van der Waals surface area contributed by atoms with Gasteiger partial charge in [0.15, 0.2) is 0 Å². The Balaban J connectivity index is 1.70. The maximum atomic E-state index is 12.8. The summed E-state index contributed by atoms with van der Waals surface area (Å²) in [6.45, 7) is 4.76. The Bertz CT molecular complexity index is 939. The van der Waals surface area contributed by atoms with E-state index in [0.29, 0.717) is 12.2 Å². The van der Waals surface area contributed by atoms with Gasteiger partial charge in [-0.2, -0.15) is 0 Å². The summed E-state index contributed by atoms with van der Waals surface area (Å²) in [5, 5.41) is 3.01.